The van der Waals surface area contributed by atoms with Gasteiger partial charge in [0.1, 0.15) is 0 Å². The van der Waals surface area contributed by atoms with Crippen LogP contribution in [0.15, 0.2) is 40.6 Å². The first-order valence-electron chi connectivity index (χ1n) is 9.57. The van der Waals surface area contributed by atoms with E-state index in [9.17, 15) is 22.4 Å². The topological polar surface area (TPSA) is 96.8 Å². The van der Waals surface area contributed by atoms with Gasteiger partial charge in [0.2, 0.25) is 0 Å². The van der Waals surface area contributed by atoms with E-state index in [1.807, 2.05) is 0 Å². The summed E-state index contributed by atoms with van der Waals surface area (Å²) in [5.74, 6) is -1.20. The second-order valence-electron chi connectivity index (χ2n) is 7.25. The summed E-state index contributed by atoms with van der Waals surface area (Å²) in [7, 11) is 0. The predicted octanol–water partition coefficient (Wildman–Crippen LogP) is 4.25. The number of halogens is 5. The van der Waals surface area contributed by atoms with Crippen LogP contribution in [-0.2, 0) is 6.18 Å². The number of carbonyl (C=O) groups excluding carboxylic acids is 1. The number of aliphatic imine (C=N–C) groups is 2. The highest BCUT2D eigenvalue weighted by Gasteiger charge is 2.35. The van der Waals surface area contributed by atoms with Crippen LogP contribution in [0, 0.1) is 11.7 Å². The number of aromatic nitrogens is 2. The summed E-state index contributed by atoms with van der Waals surface area (Å²) in [6, 6.07) is 1.89. The number of hydrogen-bond donors (Lipinski definition) is 1. The number of amidine groups is 1. The molecular formula is C20H19ClF4N6O. The third-order valence-corrected chi connectivity index (χ3v) is 4.97. The van der Waals surface area contributed by atoms with Crippen LogP contribution in [0.4, 0.5) is 23.5 Å². The Balaban J connectivity index is 1.98. The van der Waals surface area contributed by atoms with Gasteiger partial charge in [0.25, 0.3) is 11.9 Å². The number of carbonyl (C=O) groups is 1. The molecule has 7 nitrogen and oxygen atoms in total. The molecule has 2 aromatic rings. The molecule has 1 aliphatic carbocycles. The molecule has 1 aromatic heterocycles. The molecule has 32 heavy (non-hydrogen) atoms. The van der Waals surface area contributed by atoms with Gasteiger partial charge in [0, 0.05) is 17.1 Å². The van der Waals surface area contributed by atoms with Gasteiger partial charge < -0.3 is 10.6 Å². The third-order valence-electron chi connectivity index (χ3n) is 4.75. The maximum atomic E-state index is 13.3. The fourth-order valence-electron chi connectivity index (χ4n) is 2.95. The van der Waals surface area contributed by atoms with E-state index in [1.54, 1.807) is 6.92 Å². The lowest BCUT2D eigenvalue weighted by atomic mass is 10.1. The molecule has 1 amide bonds. The van der Waals surface area contributed by atoms with Gasteiger partial charge in [-0.2, -0.15) is 18.2 Å². The predicted molar refractivity (Wildman–Crippen MR) is 111 cm³/mol. The summed E-state index contributed by atoms with van der Waals surface area (Å²) in [5.41, 5.74) is 4.17. The summed E-state index contributed by atoms with van der Waals surface area (Å²) in [4.78, 5) is 30.2. The van der Waals surface area contributed by atoms with Crippen molar-refractivity contribution < 1.29 is 22.4 Å². The number of alkyl halides is 3. The van der Waals surface area contributed by atoms with Crippen LogP contribution in [0.25, 0.3) is 0 Å². The molecule has 1 heterocycles. The SMILES string of the molecule is CC(/C(N=CN)=N\c1ncc(F)cn1)N(CC1CC1)C(=O)c1cc(Cl)cc(C(F)(F)F)c1. The van der Waals surface area contributed by atoms with Crippen molar-refractivity contribution in [3.63, 3.8) is 0 Å². The Labute approximate surface area is 186 Å². The van der Waals surface area contributed by atoms with Gasteiger partial charge >= 0.3 is 6.18 Å². The number of nitrogens with zero attached hydrogens (tertiary/aromatic N) is 5. The maximum absolute atomic E-state index is 13.3. The van der Waals surface area contributed by atoms with E-state index in [4.69, 9.17) is 17.3 Å². The molecule has 1 atom stereocenters. The Morgan fingerprint density at radius 2 is 1.97 bits per heavy atom. The smallest absolute Gasteiger partial charge is 0.390 e. The summed E-state index contributed by atoms with van der Waals surface area (Å²) >= 11 is 5.85. The van der Waals surface area contributed by atoms with E-state index in [-0.39, 0.29) is 34.8 Å². The molecular weight excluding hydrogens is 452 g/mol. The van der Waals surface area contributed by atoms with E-state index in [0.29, 0.717) is 0 Å². The zero-order valence-corrected chi connectivity index (χ0v) is 17.6. The van der Waals surface area contributed by atoms with Crippen LogP contribution in [0.1, 0.15) is 35.7 Å². The van der Waals surface area contributed by atoms with Gasteiger partial charge in [-0.15, -0.1) is 0 Å². The highest BCUT2D eigenvalue weighted by atomic mass is 35.5. The normalized spacial score (nSPS) is 15.8. The number of amides is 1. The molecule has 1 aliphatic rings. The van der Waals surface area contributed by atoms with Gasteiger partial charge in [-0.05, 0) is 43.9 Å². The Bertz CT molecular complexity index is 1040. The monoisotopic (exact) mass is 470 g/mol. The minimum atomic E-state index is -4.66. The minimum absolute atomic E-state index is 0.0335. The van der Waals surface area contributed by atoms with Gasteiger partial charge in [-0.1, -0.05) is 11.6 Å². The van der Waals surface area contributed by atoms with Crippen LogP contribution in [0.5, 0.6) is 0 Å². The van der Waals surface area contributed by atoms with Gasteiger partial charge in [0.15, 0.2) is 11.7 Å². The molecule has 170 valence electrons. The average molecular weight is 471 g/mol. The first-order chi connectivity index (χ1) is 15.1. The van der Waals surface area contributed by atoms with Gasteiger partial charge in [0.05, 0.1) is 30.3 Å². The van der Waals surface area contributed by atoms with Crippen LogP contribution in [0.2, 0.25) is 5.02 Å². The average Bonchev–Trinajstić information content (AvgIpc) is 3.55. The first kappa shape index (κ1) is 23.6. The fourth-order valence-corrected chi connectivity index (χ4v) is 3.18. The van der Waals surface area contributed by atoms with E-state index in [1.165, 1.54) is 11.0 Å². The lowest BCUT2D eigenvalue weighted by molar-refractivity contribution is -0.137. The molecule has 1 aromatic carbocycles. The Hall–Kier alpha value is -3.08. The van der Waals surface area contributed by atoms with Crippen molar-refractivity contribution >= 4 is 35.6 Å². The van der Waals surface area contributed by atoms with Crippen molar-refractivity contribution in [2.75, 3.05) is 6.54 Å². The number of hydrogen-bond acceptors (Lipinski definition) is 4. The maximum Gasteiger partial charge on any atom is 0.416 e. The van der Waals surface area contributed by atoms with Gasteiger partial charge in [-0.25, -0.2) is 19.4 Å². The van der Waals surface area contributed by atoms with Crippen LogP contribution >= 0.6 is 11.6 Å². The van der Waals surface area contributed by atoms with E-state index in [0.717, 1.165) is 43.7 Å². The molecule has 0 radical (unpaired) electrons. The molecule has 1 saturated carbocycles. The minimum Gasteiger partial charge on any atom is -0.390 e. The zero-order chi connectivity index (χ0) is 23.5. The molecule has 0 spiro atoms. The fraction of sp³-hybridized carbons (Fsp3) is 0.350. The Kier molecular flexibility index (Phi) is 7.07. The summed E-state index contributed by atoms with van der Waals surface area (Å²) in [6.45, 7) is 1.88. The lowest BCUT2D eigenvalue weighted by Crippen LogP contribution is -2.44. The van der Waals surface area contributed by atoms with Crippen molar-refractivity contribution in [1.82, 2.24) is 14.9 Å². The van der Waals surface area contributed by atoms with E-state index < -0.39 is 29.5 Å². The molecule has 1 unspecified atom stereocenters. The van der Waals surface area contributed by atoms with Gasteiger partial charge in [-0.3, -0.25) is 4.79 Å². The highest BCUT2D eigenvalue weighted by molar-refractivity contribution is 6.31. The molecule has 0 aliphatic heterocycles. The summed E-state index contributed by atoms with van der Waals surface area (Å²) in [6.07, 6.45) is -0.111. The third kappa shape index (κ3) is 6.00. The largest absolute Gasteiger partial charge is 0.416 e. The molecule has 2 N–H and O–H groups in total. The lowest BCUT2D eigenvalue weighted by Gasteiger charge is -2.29. The number of rotatable bonds is 6. The van der Waals surface area contributed by atoms with Crippen molar-refractivity contribution in [3.8, 4) is 0 Å². The van der Waals surface area contributed by atoms with Crippen molar-refractivity contribution in [3.05, 3.63) is 52.6 Å². The molecule has 3 rings (SSSR count). The van der Waals surface area contributed by atoms with Crippen LogP contribution < -0.4 is 5.73 Å². The summed E-state index contributed by atoms with van der Waals surface area (Å²) in [5, 5.41) is -0.212. The zero-order valence-electron chi connectivity index (χ0n) is 16.9. The number of benzene rings is 1. The van der Waals surface area contributed by atoms with E-state index >= 15 is 0 Å². The van der Waals surface area contributed by atoms with Crippen molar-refractivity contribution in [1.29, 1.82) is 0 Å². The van der Waals surface area contributed by atoms with Crippen molar-refractivity contribution in [2.45, 2.75) is 32.0 Å². The van der Waals surface area contributed by atoms with Crippen molar-refractivity contribution in [2.24, 2.45) is 21.6 Å². The molecule has 12 heteroatoms. The van der Waals surface area contributed by atoms with Crippen LogP contribution in [-0.4, -0.2) is 45.5 Å². The second-order valence-corrected chi connectivity index (χ2v) is 7.69. The van der Waals surface area contributed by atoms with Crippen LogP contribution in [0.3, 0.4) is 0 Å². The quantitative estimate of drug-likeness (QED) is 0.388. The second kappa shape index (κ2) is 9.60. The molecule has 0 saturated heterocycles. The number of nitrogens with two attached hydrogens (primary N) is 1. The standard InChI is InChI=1S/C20H19ClF4N6O/c1-11(17(29-10-26)30-19-27-7-16(22)8-28-19)31(9-12-2-3-12)18(32)13-4-14(20(23,24)25)6-15(21)5-13/h4-8,10-12H,2-3,9H2,1H3,(H2,26,27,28,29,30). The highest BCUT2D eigenvalue weighted by Crippen LogP contribution is 2.34. The Morgan fingerprint density at radius 1 is 1.31 bits per heavy atom. The first-order valence-corrected chi connectivity index (χ1v) is 9.95. The summed E-state index contributed by atoms with van der Waals surface area (Å²) < 4.78 is 52.7. The Morgan fingerprint density at radius 3 is 2.53 bits per heavy atom. The van der Waals surface area contributed by atoms with E-state index in [2.05, 4.69) is 20.0 Å². The molecule has 0 bridgehead atoms. The molecule has 1 fully saturated rings.